The van der Waals surface area contributed by atoms with Crippen LogP contribution < -0.4 is 9.47 Å². The van der Waals surface area contributed by atoms with E-state index >= 15 is 0 Å². The van der Waals surface area contributed by atoms with Crippen LogP contribution in [0.1, 0.15) is 5.56 Å². The molecule has 0 aromatic heterocycles. The van der Waals surface area contributed by atoms with Crippen molar-refractivity contribution in [1.29, 1.82) is 0 Å². The zero-order chi connectivity index (χ0) is 13.5. The predicted octanol–water partition coefficient (Wildman–Crippen LogP) is 3.36. The zero-order valence-electron chi connectivity index (χ0n) is 10.4. The molecule has 96 valence electrons. The first kappa shape index (κ1) is 12.9. The third-order valence-corrected chi connectivity index (χ3v) is 2.46. The molecule has 2 aromatic carbocycles. The van der Waals surface area contributed by atoms with E-state index in [9.17, 15) is 4.79 Å². The minimum atomic E-state index is -0.474. The van der Waals surface area contributed by atoms with Crippen molar-refractivity contribution < 1.29 is 14.3 Å². The predicted molar refractivity (Wildman–Crippen MR) is 73.0 cm³/mol. The number of carbonyl (C=O) groups is 1. The minimum Gasteiger partial charge on any atom is -0.489 e. The molecule has 2 aromatic rings. The smallest absolute Gasteiger partial charge is 0.335 e. The maximum absolute atomic E-state index is 11.0. The van der Waals surface area contributed by atoms with Crippen molar-refractivity contribution in [3.63, 3.8) is 0 Å². The van der Waals surface area contributed by atoms with Gasteiger partial charge < -0.3 is 9.47 Å². The average Bonchev–Trinajstić information content (AvgIpc) is 2.47. The van der Waals surface area contributed by atoms with Gasteiger partial charge >= 0.3 is 5.97 Å². The summed E-state index contributed by atoms with van der Waals surface area (Å²) in [4.78, 5) is 11.0. The molecule has 0 radical (unpaired) electrons. The first-order valence-corrected chi connectivity index (χ1v) is 5.89. The number of hydrogen-bond acceptors (Lipinski definition) is 3. The maximum atomic E-state index is 11.0. The molecule has 0 unspecified atom stereocenters. The maximum Gasteiger partial charge on any atom is 0.335 e. The Hall–Kier alpha value is -2.55. The van der Waals surface area contributed by atoms with Crippen molar-refractivity contribution in [2.45, 2.75) is 6.61 Å². The standard InChI is InChI=1S/C16H14O3/c1-2-16(17)19-15-10-8-14(9-11-15)18-12-13-6-4-3-5-7-13/h2-11H,1,12H2. The molecule has 0 atom stereocenters. The van der Waals surface area contributed by atoms with Gasteiger partial charge in [-0.05, 0) is 29.8 Å². The second-order valence-electron chi connectivity index (χ2n) is 3.87. The molecule has 0 N–H and O–H groups in total. The summed E-state index contributed by atoms with van der Waals surface area (Å²) in [6.07, 6.45) is 1.12. The molecular formula is C16H14O3. The molecule has 0 saturated heterocycles. The van der Waals surface area contributed by atoms with Crippen LogP contribution in [0, 0.1) is 0 Å². The molecule has 0 aliphatic heterocycles. The van der Waals surface area contributed by atoms with Gasteiger partial charge in [0, 0.05) is 6.08 Å². The Kier molecular flexibility index (Phi) is 4.34. The highest BCUT2D eigenvalue weighted by Crippen LogP contribution is 2.18. The van der Waals surface area contributed by atoms with Gasteiger partial charge in [0.15, 0.2) is 0 Å². The van der Waals surface area contributed by atoms with Gasteiger partial charge in [-0.15, -0.1) is 0 Å². The zero-order valence-corrected chi connectivity index (χ0v) is 10.4. The van der Waals surface area contributed by atoms with Crippen molar-refractivity contribution in [2.24, 2.45) is 0 Å². The number of rotatable bonds is 5. The first-order chi connectivity index (χ1) is 9.28. The van der Waals surface area contributed by atoms with Crippen molar-refractivity contribution >= 4 is 5.97 Å². The van der Waals surface area contributed by atoms with E-state index in [-0.39, 0.29) is 0 Å². The number of carbonyl (C=O) groups excluding carboxylic acids is 1. The lowest BCUT2D eigenvalue weighted by atomic mass is 10.2. The highest BCUT2D eigenvalue weighted by atomic mass is 16.5. The molecule has 19 heavy (non-hydrogen) atoms. The van der Waals surface area contributed by atoms with E-state index in [1.165, 1.54) is 0 Å². The SMILES string of the molecule is C=CC(=O)Oc1ccc(OCc2ccccc2)cc1. The summed E-state index contributed by atoms with van der Waals surface area (Å²) in [6.45, 7) is 3.84. The summed E-state index contributed by atoms with van der Waals surface area (Å²) in [5.41, 5.74) is 1.10. The summed E-state index contributed by atoms with van der Waals surface area (Å²) in [5.74, 6) is 0.720. The lowest BCUT2D eigenvalue weighted by Gasteiger charge is -2.07. The monoisotopic (exact) mass is 254 g/mol. The van der Waals surface area contributed by atoms with Crippen molar-refractivity contribution in [3.05, 3.63) is 72.8 Å². The lowest BCUT2D eigenvalue weighted by Crippen LogP contribution is -2.02. The quantitative estimate of drug-likeness (QED) is 0.466. The summed E-state index contributed by atoms with van der Waals surface area (Å²) in [5, 5.41) is 0. The lowest BCUT2D eigenvalue weighted by molar-refractivity contribution is -0.128. The van der Waals surface area contributed by atoms with Gasteiger partial charge in [-0.25, -0.2) is 4.79 Å². The number of ether oxygens (including phenoxy) is 2. The van der Waals surface area contributed by atoms with E-state index in [0.717, 1.165) is 17.4 Å². The summed E-state index contributed by atoms with van der Waals surface area (Å²) >= 11 is 0. The molecule has 0 aliphatic carbocycles. The number of benzene rings is 2. The van der Waals surface area contributed by atoms with Crippen molar-refractivity contribution in [2.75, 3.05) is 0 Å². The van der Waals surface area contributed by atoms with Crippen LogP contribution in [0.5, 0.6) is 11.5 Å². The first-order valence-electron chi connectivity index (χ1n) is 5.89. The molecule has 3 heteroatoms. The van der Waals surface area contributed by atoms with Crippen molar-refractivity contribution in [1.82, 2.24) is 0 Å². The molecular weight excluding hydrogens is 240 g/mol. The Labute approximate surface area is 112 Å². The summed E-state index contributed by atoms with van der Waals surface area (Å²) in [7, 11) is 0. The van der Waals surface area contributed by atoms with Crippen LogP contribution in [0.3, 0.4) is 0 Å². The van der Waals surface area contributed by atoms with Crippen LogP contribution in [0.25, 0.3) is 0 Å². The molecule has 0 spiro atoms. The molecule has 0 saturated carbocycles. The van der Waals surface area contributed by atoms with Gasteiger partial charge in [0.2, 0.25) is 0 Å². The highest BCUT2D eigenvalue weighted by Gasteiger charge is 2.00. The second-order valence-corrected chi connectivity index (χ2v) is 3.87. The van der Waals surface area contributed by atoms with E-state index in [0.29, 0.717) is 12.4 Å². The number of hydrogen-bond donors (Lipinski definition) is 0. The Morgan fingerprint density at radius 2 is 1.63 bits per heavy atom. The fourth-order valence-corrected chi connectivity index (χ4v) is 1.50. The van der Waals surface area contributed by atoms with E-state index in [2.05, 4.69) is 6.58 Å². The third-order valence-electron chi connectivity index (χ3n) is 2.46. The molecule has 3 nitrogen and oxygen atoms in total. The van der Waals surface area contributed by atoms with Crippen LogP contribution in [0.2, 0.25) is 0 Å². The molecule has 0 amide bonds. The second kappa shape index (κ2) is 6.40. The van der Waals surface area contributed by atoms with Crippen molar-refractivity contribution in [3.8, 4) is 11.5 Å². The largest absolute Gasteiger partial charge is 0.489 e. The van der Waals surface area contributed by atoms with Gasteiger partial charge in [0.25, 0.3) is 0 Å². The van der Waals surface area contributed by atoms with E-state index in [4.69, 9.17) is 9.47 Å². The number of esters is 1. The minimum absolute atomic E-state index is 0.469. The van der Waals surface area contributed by atoms with Gasteiger partial charge in [-0.1, -0.05) is 36.9 Å². The van der Waals surface area contributed by atoms with Crippen LogP contribution in [-0.4, -0.2) is 5.97 Å². The fraction of sp³-hybridized carbons (Fsp3) is 0.0625. The molecule has 0 fully saturated rings. The van der Waals surface area contributed by atoms with Gasteiger partial charge in [-0.3, -0.25) is 0 Å². The Balaban J connectivity index is 1.92. The summed E-state index contributed by atoms with van der Waals surface area (Å²) < 4.78 is 10.6. The summed E-state index contributed by atoms with van der Waals surface area (Å²) in [6, 6.07) is 16.8. The molecule has 0 aliphatic rings. The van der Waals surface area contributed by atoms with Gasteiger partial charge in [0.1, 0.15) is 18.1 Å². The Morgan fingerprint density at radius 3 is 2.26 bits per heavy atom. The van der Waals surface area contributed by atoms with Gasteiger partial charge in [-0.2, -0.15) is 0 Å². The topological polar surface area (TPSA) is 35.5 Å². The highest BCUT2D eigenvalue weighted by molar-refractivity contribution is 5.83. The molecule has 0 bridgehead atoms. The van der Waals surface area contributed by atoms with E-state index in [1.807, 2.05) is 30.3 Å². The molecule has 2 rings (SSSR count). The molecule has 0 heterocycles. The van der Waals surface area contributed by atoms with Crippen LogP contribution >= 0.6 is 0 Å². The van der Waals surface area contributed by atoms with E-state index < -0.39 is 5.97 Å². The van der Waals surface area contributed by atoms with E-state index in [1.54, 1.807) is 24.3 Å². The normalized spacial score (nSPS) is 9.68. The van der Waals surface area contributed by atoms with Crippen LogP contribution in [0.4, 0.5) is 0 Å². The van der Waals surface area contributed by atoms with Gasteiger partial charge in [0.05, 0.1) is 0 Å². The van der Waals surface area contributed by atoms with Crippen LogP contribution in [-0.2, 0) is 11.4 Å². The Morgan fingerprint density at radius 1 is 1.00 bits per heavy atom. The average molecular weight is 254 g/mol. The third kappa shape index (κ3) is 4.00. The van der Waals surface area contributed by atoms with Crippen LogP contribution in [0.15, 0.2) is 67.3 Å². The fourth-order valence-electron chi connectivity index (χ4n) is 1.50. The Bertz CT molecular complexity index is 544.